The summed E-state index contributed by atoms with van der Waals surface area (Å²) in [4.78, 5) is 23.3. The highest BCUT2D eigenvalue weighted by Gasteiger charge is 2.30. The van der Waals surface area contributed by atoms with Gasteiger partial charge in [0.1, 0.15) is 17.6 Å². The van der Waals surface area contributed by atoms with Crippen LogP contribution in [-0.4, -0.2) is 33.5 Å². The summed E-state index contributed by atoms with van der Waals surface area (Å²) < 4.78 is 5.76. The number of carboxylic acids is 1. The van der Waals surface area contributed by atoms with Gasteiger partial charge in [0.25, 0.3) is 5.69 Å². The first kappa shape index (κ1) is 15.2. The van der Waals surface area contributed by atoms with Crippen molar-refractivity contribution in [2.24, 2.45) is 0 Å². The number of nitro benzene ring substituents is 1. The van der Waals surface area contributed by atoms with E-state index in [1.54, 1.807) is 18.2 Å². The van der Waals surface area contributed by atoms with E-state index in [-0.39, 0.29) is 5.69 Å². The molecule has 0 radical (unpaired) electrons. The number of likely N-dealkylation sites (tertiary alicyclic amines) is 1. The molecule has 1 N–H and O–H groups in total. The van der Waals surface area contributed by atoms with Crippen LogP contribution in [0, 0.1) is 10.1 Å². The molecule has 120 valence electrons. The summed E-state index contributed by atoms with van der Waals surface area (Å²) in [6, 6.07) is 9.28. The lowest BCUT2D eigenvalue weighted by molar-refractivity contribution is -0.384. The first-order chi connectivity index (χ1) is 11.0. The number of aliphatic carboxylic acids is 1. The number of carboxylic acid groups (broad SMARTS) is 1. The van der Waals surface area contributed by atoms with E-state index in [9.17, 15) is 20.0 Å². The van der Waals surface area contributed by atoms with Crippen molar-refractivity contribution in [3.05, 3.63) is 52.3 Å². The molecule has 1 aromatic carbocycles. The van der Waals surface area contributed by atoms with Gasteiger partial charge in [0.2, 0.25) is 0 Å². The van der Waals surface area contributed by atoms with Crippen molar-refractivity contribution in [3.8, 4) is 11.3 Å². The minimum atomic E-state index is -0.801. The number of rotatable bonds is 5. The second-order valence-corrected chi connectivity index (χ2v) is 5.54. The summed E-state index contributed by atoms with van der Waals surface area (Å²) in [6.07, 6.45) is 1.53. The zero-order valence-electron chi connectivity index (χ0n) is 12.3. The van der Waals surface area contributed by atoms with Crippen LogP contribution in [0.4, 0.5) is 5.69 Å². The number of carbonyl (C=O) groups is 1. The maximum absolute atomic E-state index is 11.2. The molecule has 0 aliphatic carbocycles. The lowest BCUT2D eigenvalue weighted by Crippen LogP contribution is -2.35. The molecule has 0 unspecified atom stereocenters. The monoisotopic (exact) mass is 316 g/mol. The van der Waals surface area contributed by atoms with Crippen molar-refractivity contribution in [2.75, 3.05) is 6.54 Å². The molecule has 0 saturated carbocycles. The number of hydrogen-bond acceptors (Lipinski definition) is 5. The van der Waals surface area contributed by atoms with Crippen LogP contribution in [0.1, 0.15) is 18.6 Å². The predicted octanol–water partition coefficient (Wildman–Crippen LogP) is 2.90. The Kier molecular flexibility index (Phi) is 4.12. The van der Waals surface area contributed by atoms with Gasteiger partial charge in [-0.15, -0.1) is 0 Å². The van der Waals surface area contributed by atoms with Crippen molar-refractivity contribution >= 4 is 11.7 Å². The van der Waals surface area contributed by atoms with Crippen molar-refractivity contribution in [1.82, 2.24) is 4.90 Å². The first-order valence-corrected chi connectivity index (χ1v) is 7.35. The Hall–Kier alpha value is -2.67. The second-order valence-electron chi connectivity index (χ2n) is 5.54. The van der Waals surface area contributed by atoms with Gasteiger partial charge in [0.05, 0.1) is 11.5 Å². The summed E-state index contributed by atoms with van der Waals surface area (Å²) >= 11 is 0. The van der Waals surface area contributed by atoms with Crippen LogP contribution in [0.3, 0.4) is 0 Å². The summed E-state index contributed by atoms with van der Waals surface area (Å²) in [6.45, 7) is 1.19. The smallest absolute Gasteiger partial charge is 0.320 e. The van der Waals surface area contributed by atoms with E-state index in [0.29, 0.717) is 24.5 Å². The van der Waals surface area contributed by atoms with Crippen LogP contribution >= 0.6 is 0 Å². The molecular formula is C16H16N2O5. The van der Waals surface area contributed by atoms with Gasteiger partial charge in [-0.25, -0.2) is 0 Å². The highest BCUT2D eigenvalue weighted by Crippen LogP contribution is 2.27. The fourth-order valence-electron chi connectivity index (χ4n) is 2.86. The Bertz CT molecular complexity index is 722. The van der Waals surface area contributed by atoms with Gasteiger partial charge < -0.3 is 9.52 Å². The highest BCUT2D eigenvalue weighted by atomic mass is 16.6. The Balaban J connectivity index is 1.73. The first-order valence-electron chi connectivity index (χ1n) is 7.35. The SMILES string of the molecule is O=C(O)[C@@H]1CCCN1Cc1ccc(-c2ccc([N+](=O)[O-])cc2)o1. The number of nitrogens with zero attached hydrogens (tertiary/aromatic N) is 2. The molecule has 1 aliphatic heterocycles. The largest absolute Gasteiger partial charge is 0.480 e. The average molecular weight is 316 g/mol. The minimum absolute atomic E-state index is 0.0295. The average Bonchev–Trinajstić information content (AvgIpc) is 3.17. The van der Waals surface area contributed by atoms with Gasteiger partial charge in [-0.05, 0) is 43.7 Å². The van der Waals surface area contributed by atoms with E-state index in [4.69, 9.17) is 4.42 Å². The molecule has 1 saturated heterocycles. The third kappa shape index (κ3) is 3.24. The molecule has 0 amide bonds. The van der Waals surface area contributed by atoms with E-state index < -0.39 is 16.9 Å². The van der Waals surface area contributed by atoms with E-state index in [0.717, 1.165) is 18.5 Å². The van der Waals surface area contributed by atoms with Crippen LogP contribution in [0.2, 0.25) is 0 Å². The van der Waals surface area contributed by atoms with Gasteiger partial charge >= 0.3 is 5.97 Å². The lowest BCUT2D eigenvalue weighted by Gasteiger charge is -2.19. The van der Waals surface area contributed by atoms with Crippen LogP contribution in [0.5, 0.6) is 0 Å². The molecule has 1 fully saturated rings. The molecule has 23 heavy (non-hydrogen) atoms. The Labute approximate surface area is 132 Å². The molecular weight excluding hydrogens is 300 g/mol. The molecule has 1 aliphatic rings. The number of benzene rings is 1. The van der Waals surface area contributed by atoms with E-state index in [1.807, 2.05) is 11.0 Å². The molecule has 0 bridgehead atoms. The fraction of sp³-hybridized carbons (Fsp3) is 0.312. The minimum Gasteiger partial charge on any atom is -0.480 e. The number of furan rings is 1. The zero-order valence-corrected chi connectivity index (χ0v) is 12.3. The van der Waals surface area contributed by atoms with Crippen LogP contribution < -0.4 is 0 Å². The van der Waals surface area contributed by atoms with Crippen molar-refractivity contribution in [3.63, 3.8) is 0 Å². The fourth-order valence-corrected chi connectivity index (χ4v) is 2.86. The second kappa shape index (κ2) is 6.21. The van der Waals surface area contributed by atoms with Crippen LogP contribution in [-0.2, 0) is 11.3 Å². The van der Waals surface area contributed by atoms with Gasteiger partial charge in [0, 0.05) is 17.7 Å². The predicted molar refractivity (Wildman–Crippen MR) is 81.9 cm³/mol. The topological polar surface area (TPSA) is 96.8 Å². The van der Waals surface area contributed by atoms with Gasteiger partial charge in [-0.3, -0.25) is 19.8 Å². The standard InChI is InChI=1S/C16H16N2O5/c19-16(20)14-2-1-9-17(14)10-13-7-8-15(23-13)11-3-5-12(6-4-11)18(21)22/h3-8,14H,1-2,9-10H2,(H,19,20)/t14-/m0/s1. The number of nitro groups is 1. The Morgan fingerprint density at radius 1 is 1.30 bits per heavy atom. The Morgan fingerprint density at radius 2 is 2.04 bits per heavy atom. The van der Waals surface area contributed by atoms with Crippen molar-refractivity contribution in [2.45, 2.75) is 25.4 Å². The van der Waals surface area contributed by atoms with E-state index in [1.165, 1.54) is 12.1 Å². The normalized spacial score (nSPS) is 18.2. The third-order valence-electron chi connectivity index (χ3n) is 4.03. The molecule has 2 aromatic rings. The van der Waals surface area contributed by atoms with E-state index in [2.05, 4.69) is 0 Å². The number of non-ortho nitro benzene ring substituents is 1. The zero-order chi connectivity index (χ0) is 16.4. The van der Waals surface area contributed by atoms with Gasteiger partial charge in [-0.1, -0.05) is 0 Å². The van der Waals surface area contributed by atoms with Crippen LogP contribution in [0.25, 0.3) is 11.3 Å². The summed E-state index contributed by atoms with van der Waals surface area (Å²) in [5.41, 5.74) is 0.778. The maximum Gasteiger partial charge on any atom is 0.320 e. The number of hydrogen-bond donors (Lipinski definition) is 1. The molecule has 3 rings (SSSR count). The lowest BCUT2D eigenvalue weighted by atomic mass is 10.1. The van der Waals surface area contributed by atoms with Crippen molar-refractivity contribution in [1.29, 1.82) is 0 Å². The molecule has 2 heterocycles. The maximum atomic E-state index is 11.2. The van der Waals surface area contributed by atoms with Crippen molar-refractivity contribution < 1.29 is 19.2 Å². The van der Waals surface area contributed by atoms with Gasteiger partial charge in [0.15, 0.2) is 0 Å². The summed E-state index contributed by atoms with van der Waals surface area (Å²) in [5, 5.41) is 19.8. The summed E-state index contributed by atoms with van der Waals surface area (Å²) in [5.74, 6) is 0.497. The molecule has 1 atom stereocenters. The quantitative estimate of drug-likeness (QED) is 0.673. The van der Waals surface area contributed by atoms with Crippen LogP contribution in [0.15, 0.2) is 40.8 Å². The summed E-state index contributed by atoms with van der Waals surface area (Å²) in [7, 11) is 0. The third-order valence-corrected chi connectivity index (χ3v) is 4.03. The molecule has 7 heteroatoms. The molecule has 1 aromatic heterocycles. The van der Waals surface area contributed by atoms with Gasteiger partial charge in [-0.2, -0.15) is 0 Å². The van der Waals surface area contributed by atoms with E-state index >= 15 is 0 Å². The Morgan fingerprint density at radius 3 is 2.70 bits per heavy atom. The molecule has 0 spiro atoms. The highest BCUT2D eigenvalue weighted by molar-refractivity contribution is 5.73. The molecule has 7 nitrogen and oxygen atoms in total.